The number of aromatic nitrogens is 1. The van der Waals surface area contributed by atoms with Crippen molar-refractivity contribution in [3.63, 3.8) is 0 Å². The fourth-order valence-electron chi connectivity index (χ4n) is 6.57. The van der Waals surface area contributed by atoms with Crippen molar-refractivity contribution in [2.45, 2.75) is 38.6 Å². The second kappa shape index (κ2) is 6.94. The Balaban J connectivity index is 1.23. The van der Waals surface area contributed by atoms with Gasteiger partial charge in [0, 0.05) is 44.9 Å². The lowest BCUT2D eigenvalue weighted by Crippen LogP contribution is -2.43. The van der Waals surface area contributed by atoms with Crippen LogP contribution in [-0.2, 0) is 22.5 Å². The molecule has 0 unspecified atom stereocenters. The van der Waals surface area contributed by atoms with Gasteiger partial charge in [-0.05, 0) is 60.5 Å². The molecule has 2 saturated heterocycles. The molecule has 2 aliphatic carbocycles. The summed E-state index contributed by atoms with van der Waals surface area (Å²) in [6, 6.07) is 0. The van der Waals surface area contributed by atoms with E-state index in [-0.39, 0.29) is 23.3 Å². The number of pyridine rings is 1. The first-order valence-corrected chi connectivity index (χ1v) is 11.5. The molecule has 1 aromatic rings. The molecule has 4 atom stereocenters. The molecule has 4 fully saturated rings. The summed E-state index contributed by atoms with van der Waals surface area (Å²) in [6.07, 6.45) is 6.54. The number of hydrogen-bond donors (Lipinski definition) is 1. The van der Waals surface area contributed by atoms with Gasteiger partial charge in [0.15, 0.2) is 0 Å². The van der Waals surface area contributed by atoms with Crippen molar-refractivity contribution in [1.29, 1.82) is 0 Å². The highest BCUT2D eigenvalue weighted by Gasteiger charge is 2.51. The Morgan fingerprint density at radius 1 is 1.07 bits per heavy atom. The van der Waals surface area contributed by atoms with E-state index < -0.39 is 0 Å². The summed E-state index contributed by atoms with van der Waals surface area (Å²) in [5, 5.41) is 0. The molecule has 3 aliphatic heterocycles. The minimum Gasteiger partial charge on any atom is -0.381 e. The van der Waals surface area contributed by atoms with Gasteiger partial charge < -0.3 is 19.5 Å². The maximum absolute atomic E-state index is 13.4. The summed E-state index contributed by atoms with van der Waals surface area (Å²) in [4.78, 5) is 45.4. The van der Waals surface area contributed by atoms with Gasteiger partial charge >= 0.3 is 0 Å². The quantitative estimate of drug-likeness (QED) is 0.798. The molecular weight excluding hydrogens is 382 g/mol. The zero-order valence-electron chi connectivity index (χ0n) is 17.3. The summed E-state index contributed by atoms with van der Waals surface area (Å²) < 4.78 is 5.66. The Hall–Kier alpha value is -2.15. The Kier molecular flexibility index (Phi) is 4.30. The predicted molar refractivity (Wildman–Crippen MR) is 109 cm³/mol. The minimum absolute atomic E-state index is 0.128. The van der Waals surface area contributed by atoms with Crippen molar-refractivity contribution < 1.29 is 14.3 Å². The van der Waals surface area contributed by atoms with Crippen LogP contribution >= 0.6 is 0 Å². The molecule has 5 aliphatic rings. The first-order valence-electron chi connectivity index (χ1n) is 11.5. The highest BCUT2D eigenvalue weighted by Crippen LogP contribution is 2.48. The maximum Gasteiger partial charge on any atom is 0.261 e. The molecule has 2 amide bonds. The molecule has 2 saturated carbocycles. The van der Waals surface area contributed by atoms with Crippen LogP contribution in [0.3, 0.4) is 0 Å². The van der Waals surface area contributed by atoms with Crippen LogP contribution in [0, 0.1) is 29.6 Å². The third-order valence-electron chi connectivity index (χ3n) is 8.45. The zero-order chi connectivity index (χ0) is 20.4. The zero-order valence-corrected chi connectivity index (χ0v) is 17.3. The SMILES string of the molecule is O=C(c1c2c(c[nH]c1=O)CN(C(=O)C1CCC1)CC2)N1C[C@@H]2C[C@@H]3COC[C@@H]3[C@@H]2C1. The van der Waals surface area contributed by atoms with Crippen molar-refractivity contribution in [3.8, 4) is 0 Å². The standard InChI is InChI=1S/C23H29N3O4/c27-21-20(23(29)26-8-14-6-15-11-30-12-19(15)18(14)10-26)17-4-5-25(9-16(17)7-24-21)22(28)13-2-1-3-13/h7,13-15,18-19H,1-6,8-12H2,(H,24,27)/t14-,15+,18+,19-/m0/s1. The van der Waals surface area contributed by atoms with E-state index in [0.29, 0.717) is 48.7 Å². The van der Waals surface area contributed by atoms with Gasteiger partial charge in [-0.3, -0.25) is 14.4 Å². The summed E-state index contributed by atoms with van der Waals surface area (Å²) in [7, 11) is 0. The number of carbonyl (C=O) groups is 2. The lowest BCUT2D eigenvalue weighted by molar-refractivity contribution is -0.139. The largest absolute Gasteiger partial charge is 0.381 e. The van der Waals surface area contributed by atoms with E-state index in [4.69, 9.17) is 4.74 Å². The third-order valence-corrected chi connectivity index (χ3v) is 8.45. The molecule has 30 heavy (non-hydrogen) atoms. The predicted octanol–water partition coefficient (Wildman–Crippen LogP) is 1.41. The molecule has 0 radical (unpaired) electrons. The van der Waals surface area contributed by atoms with Gasteiger partial charge in [0.1, 0.15) is 5.56 Å². The summed E-state index contributed by atoms with van der Waals surface area (Å²) in [6.45, 7) is 4.27. The average Bonchev–Trinajstić information content (AvgIpc) is 3.38. The van der Waals surface area contributed by atoms with Gasteiger partial charge in [-0.1, -0.05) is 6.42 Å². The monoisotopic (exact) mass is 411 g/mol. The first-order chi connectivity index (χ1) is 14.6. The Morgan fingerprint density at radius 2 is 1.93 bits per heavy atom. The second-order valence-corrected chi connectivity index (χ2v) is 9.97. The highest BCUT2D eigenvalue weighted by molar-refractivity contribution is 5.96. The number of amides is 2. The van der Waals surface area contributed by atoms with Crippen LogP contribution in [0.25, 0.3) is 0 Å². The van der Waals surface area contributed by atoms with Crippen molar-refractivity contribution in [1.82, 2.24) is 14.8 Å². The molecule has 1 N–H and O–H groups in total. The van der Waals surface area contributed by atoms with E-state index in [9.17, 15) is 14.4 Å². The van der Waals surface area contributed by atoms with E-state index in [1.165, 1.54) is 0 Å². The van der Waals surface area contributed by atoms with E-state index in [0.717, 1.165) is 63.1 Å². The fourth-order valence-corrected chi connectivity index (χ4v) is 6.57. The molecule has 1 aromatic heterocycles. The van der Waals surface area contributed by atoms with Crippen LogP contribution in [0.2, 0.25) is 0 Å². The number of fused-ring (bicyclic) bond motifs is 4. The molecule has 7 nitrogen and oxygen atoms in total. The van der Waals surface area contributed by atoms with Gasteiger partial charge in [0.05, 0.1) is 6.61 Å². The van der Waals surface area contributed by atoms with Crippen LogP contribution in [0.4, 0.5) is 0 Å². The van der Waals surface area contributed by atoms with E-state index in [1.807, 2.05) is 9.80 Å². The van der Waals surface area contributed by atoms with E-state index in [1.54, 1.807) is 6.20 Å². The summed E-state index contributed by atoms with van der Waals surface area (Å²) >= 11 is 0. The second-order valence-electron chi connectivity index (χ2n) is 9.97. The lowest BCUT2D eigenvalue weighted by atomic mass is 9.83. The van der Waals surface area contributed by atoms with E-state index >= 15 is 0 Å². The number of ether oxygens (including phenoxy) is 1. The Morgan fingerprint density at radius 3 is 2.73 bits per heavy atom. The lowest BCUT2D eigenvalue weighted by Gasteiger charge is -2.35. The average molecular weight is 412 g/mol. The summed E-state index contributed by atoms with van der Waals surface area (Å²) in [5.41, 5.74) is 1.78. The van der Waals surface area contributed by atoms with Crippen LogP contribution in [0.5, 0.6) is 0 Å². The van der Waals surface area contributed by atoms with Crippen LogP contribution in [0.15, 0.2) is 11.0 Å². The molecule has 0 spiro atoms. The number of H-pyrrole nitrogens is 1. The van der Waals surface area contributed by atoms with Crippen molar-refractivity contribution in [2.75, 3.05) is 32.8 Å². The normalized spacial score (nSPS) is 32.5. The molecule has 0 aromatic carbocycles. The number of hydrogen-bond acceptors (Lipinski definition) is 4. The van der Waals surface area contributed by atoms with Gasteiger partial charge in [0.2, 0.25) is 5.91 Å². The van der Waals surface area contributed by atoms with Gasteiger partial charge in [-0.2, -0.15) is 0 Å². The fraction of sp³-hybridized carbons (Fsp3) is 0.696. The highest BCUT2D eigenvalue weighted by atomic mass is 16.5. The third kappa shape index (κ3) is 2.77. The maximum atomic E-state index is 13.4. The van der Waals surface area contributed by atoms with Gasteiger partial charge in [-0.25, -0.2) is 0 Å². The molecule has 7 heteroatoms. The number of carbonyl (C=O) groups excluding carboxylic acids is 2. The number of rotatable bonds is 2. The molecule has 4 heterocycles. The topological polar surface area (TPSA) is 82.7 Å². The smallest absolute Gasteiger partial charge is 0.261 e. The Labute approximate surface area is 175 Å². The van der Waals surface area contributed by atoms with Gasteiger partial charge in [0.25, 0.3) is 11.5 Å². The van der Waals surface area contributed by atoms with Gasteiger partial charge in [-0.15, -0.1) is 0 Å². The number of nitrogens with one attached hydrogen (secondary N) is 1. The number of aromatic amines is 1. The van der Waals surface area contributed by atoms with E-state index in [2.05, 4.69) is 4.98 Å². The summed E-state index contributed by atoms with van der Waals surface area (Å²) in [5.74, 6) is 2.55. The molecule has 0 bridgehead atoms. The van der Waals surface area contributed by atoms with Crippen LogP contribution < -0.4 is 5.56 Å². The Bertz CT molecular complexity index is 952. The first kappa shape index (κ1) is 18.6. The van der Waals surface area contributed by atoms with Crippen LogP contribution in [-0.4, -0.2) is 59.4 Å². The van der Waals surface area contributed by atoms with Crippen molar-refractivity contribution in [2.24, 2.45) is 29.6 Å². The molecule has 6 rings (SSSR count). The van der Waals surface area contributed by atoms with Crippen LogP contribution in [0.1, 0.15) is 47.2 Å². The number of likely N-dealkylation sites (tertiary alicyclic amines) is 1. The van der Waals surface area contributed by atoms with Crippen molar-refractivity contribution in [3.05, 3.63) is 33.2 Å². The molecular formula is C23H29N3O4. The molecule has 160 valence electrons. The number of nitrogens with zero attached hydrogens (tertiary/aromatic N) is 2. The minimum atomic E-state index is -0.295. The van der Waals surface area contributed by atoms with Crippen molar-refractivity contribution >= 4 is 11.8 Å².